The Morgan fingerprint density at radius 3 is 3.00 bits per heavy atom. The molecule has 1 atom stereocenters. The molecule has 0 saturated carbocycles. The van der Waals surface area contributed by atoms with Crippen molar-refractivity contribution in [1.82, 2.24) is 14.2 Å². The summed E-state index contributed by atoms with van der Waals surface area (Å²) in [6.45, 7) is 1.68. The second kappa shape index (κ2) is 4.53. The number of aromatic nitrogens is 3. The van der Waals surface area contributed by atoms with Gasteiger partial charge in [0.15, 0.2) is 5.65 Å². The zero-order valence-electron chi connectivity index (χ0n) is 10.7. The standard InChI is InChI=1S/C13H12BrN3O2S/c1-13(6-2-5-11(14)8-13)20(18,19)17-12-10(9-16-17)4-3-7-15-12/h2-5,7-9H,6H2,1H3. The SMILES string of the molecule is CC1(S(=O)(=O)n2ncc3cccnc32)C=C(Br)C=CC1. The second-order valence-corrected chi connectivity index (χ2v) is 8.00. The molecule has 0 aliphatic heterocycles. The molecule has 1 aliphatic carbocycles. The molecule has 0 bridgehead atoms. The molecule has 2 aromatic rings. The molecule has 3 rings (SSSR count). The minimum Gasteiger partial charge on any atom is -0.236 e. The Morgan fingerprint density at radius 2 is 2.25 bits per heavy atom. The van der Waals surface area contributed by atoms with E-state index in [2.05, 4.69) is 26.0 Å². The van der Waals surface area contributed by atoms with Crippen LogP contribution in [0.1, 0.15) is 13.3 Å². The van der Waals surface area contributed by atoms with Crippen LogP contribution in [0.2, 0.25) is 0 Å². The highest BCUT2D eigenvalue weighted by Crippen LogP contribution is 2.33. The smallest absolute Gasteiger partial charge is 0.236 e. The number of fused-ring (bicyclic) bond motifs is 1. The van der Waals surface area contributed by atoms with E-state index in [1.807, 2.05) is 12.2 Å². The fourth-order valence-electron chi connectivity index (χ4n) is 2.20. The zero-order valence-corrected chi connectivity index (χ0v) is 13.1. The van der Waals surface area contributed by atoms with E-state index in [1.54, 1.807) is 31.3 Å². The lowest BCUT2D eigenvalue weighted by Gasteiger charge is -2.26. The summed E-state index contributed by atoms with van der Waals surface area (Å²) < 4.78 is 26.5. The van der Waals surface area contributed by atoms with E-state index in [0.717, 1.165) is 8.57 Å². The lowest BCUT2D eigenvalue weighted by molar-refractivity contribution is 0.547. The van der Waals surface area contributed by atoms with Gasteiger partial charge in [-0.25, -0.2) is 13.4 Å². The van der Waals surface area contributed by atoms with Crippen LogP contribution in [0.5, 0.6) is 0 Å². The molecular formula is C13H12BrN3O2S. The van der Waals surface area contributed by atoms with Gasteiger partial charge < -0.3 is 0 Å². The predicted molar refractivity (Wildman–Crippen MR) is 81.0 cm³/mol. The first-order chi connectivity index (χ1) is 9.44. The van der Waals surface area contributed by atoms with Crippen LogP contribution in [0.15, 0.2) is 47.2 Å². The van der Waals surface area contributed by atoms with Gasteiger partial charge in [0.25, 0.3) is 10.0 Å². The molecule has 20 heavy (non-hydrogen) atoms. The van der Waals surface area contributed by atoms with E-state index in [9.17, 15) is 8.42 Å². The van der Waals surface area contributed by atoms with Gasteiger partial charge in [-0.3, -0.25) is 0 Å². The van der Waals surface area contributed by atoms with Gasteiger partial charge in [-0.05, 0) is 31.6 Å². The molecule has 0 aromatic carbocycles. The first-order valence-electron chi connectivity index (χ1n) is 6.03. The highest BCUT2D eigenvalue weighted by molar-refractivity contribution is 9.11. The maximum atomic E-state index is 12.9. The van der Waals surface area contributed by atoms with Crippen molar-refractivity contribution < 1.29 is 8.42 Å². The van der Waals surface area contributed by atoms with Crippen LogP contribution in [-0.4, -0.2) is 27.3 Å². The van der Waals surface area contributed by atoms with Crippen molar-refractivity contribution in [3.8, 4) is 0 Å². The van der Waals surface area contributed by atoms with Gasteiger partial charge in [0.2, 0.25) is 0 Å². The summed E-state index contributed by atoms with van der Waals surface area (Å²) >= 11 is 3.33. The summed E-state index contributed by atoms with van der Waals surface area (Å²) in [5, 5.41) is 4.71. The Hall–Kier alpha value is -1.47. The molecule has 0 saturated heterocycles. The largest absolute Gasteiger partial charge is 0.265 e. The van der Waals surface area contributed by atoms with Crippen LogP contribution in [0.25, 0.3) is 11.0 Å². The van der Waals surface area contributed by atoms with Crippen molar-refractivity contribution in [2.45, 2.75) is 18.1 Å². The number of rotatable bonds is 2. The van der Waals surface area contributed by atoms with Gasteiger partial charge >= 0.3 is 0 Å². The molecule has 2 heterocycles. The van der Waals surface area contributed by atoms with Crippen LogP contribution < -0.4 is 0 Å². The third-order valence-corrected chi connectivity index (χ3v) is 6.04. The summed E-state index contributed by atoms with van der Waals surface area (Å²) in [5.74, 6) is 0. The zero-order chi connectivity index (χ0) is 14.4. The third-order valence-electron chi connectivity index (χ3n) is 3.36. The maximum absolute atomic E-state index is 12.9. The van der Waals surface area contributed by atoms with Gasteiger partial charge in [-0.15, -0.1) is 4.09 Å². The number of halogens is 1. The molecule has 0 amide bonds. The summed E-state index contributed by atoms with van der Waals surface area (Å²) in [6.07, 6.45) is 8.85. The van der Waals surface area contributed by atoms with Crippen molar-refractivity contribution in [2.75, 3.05) is 0 Å². The number of pyridine rings is 1. The van der Waals surface area contributed by atoms with Gasteiger partial charge in [0.05, 0.1) is 6.20 Å². The van der Waals surface area contributed by atoms with E-state index in [-0.39, 0.29) is 0 Å². The van der Waals surface area contributed by atoms with E-state index in [0.29, 0.717) is 17.5 Å². The van der Waals surface area contributed by atoms with Gasteiger partial charge in [-0.1, -0.05) is 28.1 Å². The molecule has 2 aromatic heterocycles. The fourth-order valence-corrected chi connectivity index (χ4v) is 4.57. The van der Waals surface area contributed by atoms with Crippen molar-refractivity contribution in [3.05, 3.63) is 47.2 Å². The molecule has 5 nitrogen and oxygen atoms in total. The van der Waals surface area contributed by atoms with Gasteiger partial charge in [-0.2, -0.15) is 5.10 Å². The molecule has 7 heteroatoms. The average Bonchev–Trinajstić information content (AvgIpc) is 2.82. The van der Waals surface area contributed by atoms with E-state index in [4.69, 9.17) is 0 Å². The highest BCUT2D eigenvalue weighted by atomic mass is 79.9. The first kappa shape index (κ1) is 13.5. The Balaban J connectivity index is 2.20. The van der Waals surface area contributed by atoms with Gasteiger partial charge in [0.1, 0.15) is 4.75 Å². The monoisotopic (exact) mass is 353 g/mol. The van der Waals surface area contributed by atoms with Crippen LogP contribution in [0, 0.1) is 0 Å². The Bertz CT molecular complexity index is 838. The molecule has 0 N–H and O–H groups in total. The van der Waals surface area contributed by atoms with Crippen molar-refractivity contribution in [2.24, 2.45) is 0 Å². The topological polar surface area (TPSA) is 64.8 Å². The summed E-state index contributed by atoms with van der Waals surface area (Å²) in [6, 6.07) is 3.54. The van der Waals surface area contributed by atoms with Crippen molar-refractivity contribution >= 4 is 37.0 Å². The van der Waals surface area contributed by atoms with Crippen LogP contribution >= 0.6 is 15.9 Å². The number of allylic oxidation sites excluding steroid dienone is 3. The maximum Gasteiger partial charge on any atom is 0.265 e. The third kappa shape index (κ3) is 1.92. The lowest BCUT2D eigenvalue weighted by Crippen LogP contribution is -2.39. The molecule has 1 aliphatic rings. The van der Waals surface area contributed by atoms with Crippen molar-refractivity contribution in [1.29, 1.82) is 0 Å². The number of nitrogens with zero attached hydrogens (tertiary/aromatic N) is 3. The van der Waals surface area contributed by atoms with E-state index in [1.165, 1.54) is 6.20 Å². The quantitative estimate of drug-likeness (QED) is 0.832. The van der Waals surface area contributed by atoms with Crippen molar-refractivity contribution in [3.63, 3.8) is 0 Å². The minimum absolute atomic E-state index is 0.354. The van der Waals surface area contributed by atoms with E-state index >= 15 is 0 Å². The average molecular weight is 354 g/mol. The molecule has 104 valence electrons. The molecular weight excluding hydrogens is 342 g/mol. The van der Waals surface area contributed by atoms with E-state index < -0.39 is 14.8 Å². The molecule has 1 unspecified atom stereocenters. The summed E-state index contributed by atoms with van der Waals surface area (Å²) in [7, 11) is -3.69. The fraction of sp³-hybridized carbons (Fsp3) is 0.231. The predicted octanol–water partition coefficient (Wildman–Crippen LogP) is 2.61. The normalized spacial score (nSPS) is 23.0. The number of hydrogen-bond acceptors (Lipinski definition) is 4. The summed E-state index contributed by atoms with van der Waals surface area (Å²) in [4.78, 5) is 4.12. The molecule has 0 spiro atoms. The van der Waals surface area contributed by atoms with Crippen LogP contribution in [0.4, 0.5) is 0 Å². The van der Waals surface area contributed by atoms with Crippen LogP contribution in [0.3, 0.4) is 0 Å². The lowest BCUT2D eigenvalue weighted by atomic mass is 10.0. The molecule has 0 fully saturated rings. The highest BCUT2D eigenvalue weighted by Gasteiger charge is 2.40. The van der Waals surface area contributed by atoms with Gasteiger partial charge in [0, 0.05) is 16.1 Å². The summed E-state index contributed by atoms with van der Waals surface area (Å²) in [5.41, 5.74) is 0.354. The second-order valence-electron chi connectivity index (χ2n) is 4.86. The van der Waals surface area contributed by atoms with Crippen LogP contribution in [-0.2, 0) is 10.0 Å². The Kier molecular flexibility index (Phi) is 3.06. The molecule has 0 radical (unpaired) electrons. The Labute approximate surface area is 125 Å². The Morgan fingerprint density at radius 1 is 1.45 bits per heavy atom. The first-order valence-corrected chi connectivity index (χ1v) is 8.26. The minimum atomic E-state index is -3.69. The number of hydrogen-bond donors (Lipinski definition) is 0.